The maximum Gasteiger partial charge on any atom is 0.416 e. The van der Waals surface area contributed by atoms with Gasteiger partial charge in [0, 0.05) is 23.9 Å². The number of benzene rings is 2. The van der Waals surface area contributed by atoms with Crippen molar-refractivity contribution in [2.24, 2.45) is 0 Å². The summed E-state index contributed by atoms with van der Waals surface area (Å²) >= 11 is 6.07. The highest BCUT2D eigenvalue weighted by molar-refractivity contribution is 6.29. The van der Waals surface area contributed by atoms with E-state index in [1.54, 1.807) is 6.92 Å². The second kappa shape index (κ2) is 11.2. The van der Waals surface area contributed by atoms with Gasteiger partial charge in [-0.1, -0.05) is 39.3 Å². The fraction of sp³-hybridized carbons (Fsp3) is 0.261. The number of imidazole rings is 1. The quantitative estimate of drug-likeness (QED) is 0.230. The first-order chi connectivity index (χ1) is 16.1. The number of halogens is 6. The van der Waals surface area contributed by atoms with Gasteiger partial charge in [-0.05, 0) is 31.2 Å². The number of nitrogens with zero attached hydrogens (tertiary/aromatic N) is 4. The Kier molecular flexibility index (Phi) is 8.92. The number of nitrogens with one attached hydrogen (secondary N) is 1. The molecule has 34 heavy (non-hydrogen) atoms. The van der Waals surface area contributed by atoms with Crippen LogP contribution in [-0.4, -0.2) is 19.5 Å². The highest BCUT2D eigenvalue weighted by Crippen LogP contribution is 2.30. The Balaban J connectivity index is 0.000000970. The molecule has 0 atom stereocenters. The molecular formula is C23H23ClF5N5. The van der Waals surface area contributed by atoms with E-state index in [4.69, 9.17) is 11.6 Å². The number of hydrogen-bond donors (Lipinski definition) is 1. The smallest absolute Gasteiger partial charge is 0.324 e. The van der Waals surface area contributed by atoms with Crippen LogP contribution in [0.4, 0.5) is 33.6 Å². The van der Waals surface area contributed by atoms with Crippen LogP contribution in [0.1, 0.15) is 39.1 Å². The molecule has 0 aliphatic carbocycles. The number of hydrogen-bond acceptors (Lipinski definition) is 4. The molecule has 1 N–H and O–H groups in total. The summed E-state index contributed by atoms with van der Waals surface area (Å²) in [6.45, 7) is 9.62. The van der Waals surface area contributed by atoms with Crippen molar-refractivity contribution >= 4 is 34.3 Å². The lowest BCUT2D eigenvalue weighted by Crippen LogP contribution is -2.06. The molecule has 0 aliphatic heterocycles. The molecular weight excluding hydrogens is 477 g/mol. The molecule has 5 nitrogen and oxygen atoms in total. The summed E-state index contributed by atoms with van der Waals surface area (Å²) in [5.41, 5.74) is -0.00732. The Labute approximate surface area is 198 Å². The van der Waals surface area contributed by atoms with Gasteiger partial charge in [-0.25, -0.2) is 18.7 Å². The van der Waals surface area contributed by atoms with Crippen molar-refractivity contribution in [3.8, 4) is 5.82 Å². The zero-order valence-electron chi connectivity index (χ0n) is 19.1. The van der Waals surface area contributed by atoms with E-state index in [1.165, 1.54) is 22.8 Å². The third kappa shape index (κ3) is 5.99. The third-order valence-corrected chi connectivity index (χ3v) is 4.44. The van der Waals surface area contributed by atoms with Crippen LogP contribution in [0.25, 0.3) is 16.9 Å². The van der Waals surface area contributed by atoms with E-state index in [-0.39, 0.29) is 28.0 Å². The molecule has 0 bridgehead atoms. The van der Waals surface area contributed by atoms with Crippen LogP contribution >= 0.6 is 11.6 Å². The average Bonchev–Trinajstić information content (AvgIpc) is 3.10. The van der Waals surface area contributed by atoms with Gasteiger partial charge in [0.25, 0.3) is 0 Å². The SMILES string of the molecule is CC.CC.Cc1nc2cc(F)c(F)cc2n1-c1cc(Cl)nc(Nc2ccc(C(F)(F)F)cc2)n1. The minimum atomic E-state index is -4.45. The summed E-state index contributed by atoms with van der Waals surface area (Å²) in [7, 11) is 0. The van der Waals surface area contributed by atoms with Crippen molar-refractivity contribution in [2.45, 2.75) is 40.8 Å². The molecule has 2 aromatic carbocycles. The Morgan fingerprint density at radius 2 is 1.44 bits per heavy atom. The molecule has 0 amide bonds. The first-order valence-corrected chi connectivity index (χ1v) is 10.8. The number of aryl methyl sites for hydroxylation is 1. The predicted molar refractivity (Wildman–Crippen MR) is 124 cm³/mol. The monoisotopic (exact) mass is 499 g/mol. The Morgan fingerprint density at radius 3 is 2.03 bits per heavy atom. The molecule has 0 aliphatic rings. The van der Waals surface area contributed by atoms with E-state index in [0.717, 1.165) is 24.3 Å². The number of alkyl halides is 3. The predicted octanol–water partition coefficient (Wildman–Crippen LogP) is 7.87. The topological polar surface area (TPSA) is 55.6 Å². The summed E-state index contributed by atoms with van der Waals surface area (Å²) in [4.78, 5) is 12.5. The molecule has 11 heteroatoms. The standard InChI is InChI=1S/C19H11ClF5N5.2C2H6/c1-9-26-14-6-12(21)13(22)7-15(14)30(9)17-8-16(20)28-18(29-17)27-11-4-2-10(3-5-11)19(23,24)25;2*1-2/h2-8H,1H3,(H,27,28,29);2*1-2H3. The van der Waals surface area contributed by atoms with Crippen LogP contribution in [0.15, 0.2) is 42.5 Å². The van der Waals surface area contributed by atoms with Gasteiger partial charge in [-0.15, -0.1) is 0 Å². The van der Waals surface area contributed by atoms with Gasteiger partial charge in [-0.3, -0.25) is 4.57 Å². The van der Waals surface area contributed by atoms with Gasteiger partial charge in [0.2, 0.25) is 5.95 Å². The fourth-order valence-electron chi connectivity index (χ4n) is 2.93. The van der Waals surface area contributed by atoms with Gasteiger partial charge >= 0.3 is 6.18 Å². The van der Waals surface area contributed by atoms with Crippen molar-refractivity contribution in [1.82, 2.24) is 19.5 Å². The van der Waals surface area contributed by atoms with Crippen molar-refractivity contribution in [2.75, 3.05) is 5.32 Å². The van der Waals surface area contributed by atoms with E-state index in [2.05, 4.69) is 20.3 Å². The van der Waals surface area contributed by atoms with Gasteiger partial charge in [0.1, 0.15) is 16.8 Å². The lowest BCUT2D eigenvalue weighted by molar-refractivity contribution is -0.137. The highest BCUT2D eigenvalue weighted by atomic mass is 35.5. The maximum absolute atomic E-state index is 13.7. The molecule has 0 spiro atoms. The van der Waals surface area contributed by atoms with Gasteiger partial charge in [0.05, 0.1) is 16.6 Å². The number of anilines is 2. The number of fused-ring (bicyclic) bond motifs is 1. The number of aromatic nitrogens is 4. The average molecular weight is 500 g/mol. The fourth-order valence-corrected chi connectivity index (χ4v) is 3.11. The van der Waals surface area contributed by atoms with E-state index >= 15 is 0 Å². The molecule has 4 aromatic rings. The summed E-state index contributed by atoms with van der Waals surface area (Å²) in [6.07, 6.45) is -4.45. The zero-order chi connectivity index (χ0) is 25.6. The number of rotatable bonds is 3. The molecule has 2 heterocycles. The zero-order valence-corrected chi connectivity index (χ0v) is 19.9. The second-order valence-electron chi connectivity index (χ2n) is 6.32. The van der Waals surface area contributed by atoms with Crippen LogP contribution in [-0.2, 0) is 6.18 Å². The minimum Gasteiger partial charge on any atom is -0.324 e. The largest absolute Gasteiger partial charge is 0.416 e. The summed E-state index contributed by atoms with van der Waals surface area (Å²) in [5.74, 6) is -1.47. The lowest BCUT2D eigenvalue weighted by Gasteiger charge is -2.11. The van der Waals surface area contributed by atoms with Crippen LogP contribution in [0.3, 0.4) is 0 Å². The molecule has 0 radical (unpaired) electrons. The molecule has 0 saturated carbocycles. The Morgan fingerprint density at radius 1 is 0.853 bits per heavy atom. The summed E-state index contributed by atoms with van der Waals surface area (Å²) in [6, 6.07) is 7.64. The van der Waals surface area contributed by atoms with Crippen LogP contribution in [0.2, 0.25) is 5.15 Å². The molecule has 0 unspecified atom stereocenters. The van der Waals surface area contributed by atoms with Gasteiger partial charge < -0.3 is 5.32 Å². The first kappa shape index (κ1) is 27.0. The lowest BCUT2D eigenvalue weighted by atomic mass is 10.2. The van der Waals surface area contributed by atoms with Gasteiger partial charge in [0.15, 0.2) is 11.6 Å². The molecule has 182 valence electrons. The van der Waals surface area contributed by atoms with E-state index in [9.17, 15) is 22.0 Å². The molecule has 0 saturated heterocycles. The molecule has 2 aromatic heterocycles. The summed E-state index contributed by atoms with van der Waals surface area (Å²) < 4.78 is 66.8. The van der Waals surface area contributed by atoms with Crippen molar-refractivity contribution < 1.29 is 22.0 Å². The van der Waals surface area contributed by atoms with Gasteiger partial charge in [-0.2, -0.15) is 18.2 Å². The van der Waals surface area contributed by atoms with Crippen LogP contribution in [0, 0.1) is 18.6 Å². The normalized spacial score (nSPS) is 10.8. The van der Waals surface area contributed by atoms with E-state index in [0.29, 0.717) is 11.5 Å². The van der Waals surface area contributed by atoms with Crippen molar-refractivity contribution in [1.29, 1.82) is 0 Å². The molecule has 0 fully saturated rings. The van der Waals surface area contributed by atoms with Crippen molar-refractivity contribution in [3.63, 3.8) is 0 Å². The van der Waals surface area contributed by atoms with Crippen molar-refractivity contribution in [3.05, 3.63) is 70.6 Å². The van der Waals surface area contributed by atoms with Crippen LogP contribution < -0.4 is 5.32 Å². The molecule has 4 rings (SSSR count). The maximum atomic E-state index is 13.7. The summed E-state index contributed by atoms with van der Waals surface area (Å²) in [5, 5.41) is 2.80. The minimum absolute atomic E-state index is 0.00101. The van der Waals surface area contributed by atoms with E-state index < -0.39 is 23.4 Å². The Bertz CT molecular complexity index is 1250. The Hall–Kier alpha value is -3.27. The third-order valence-electron chi connectivity index (χ3n) is 4.24. The second-order valence-corrected chi connectivity index (χ2v) is 6.71. The highest BCUT2D eigenvalue weighted by Gasteiger charge is 2.30. The van der Waals surface area contributed by atoms with Crippen LogP contribution in [0.5, 0.6) is 0 Å². The first-order valence-electron chi connectivity index (χ1n) is 10.4. The van der Waals surface area contributed by atoms with E-state index in [1.807, 2.05) is 27.7 Å².